The second kappa shape index (κ2) is 7.96. The second-order valence-electron chi connectivity index (χ2n) is 8.42. The number of hydrogen-bond donors (Lipinski definition) is 1. The molecule has 2 fully saturated rings. The Bertz CT molecular complexity index is 1190. The van der Waals surface area contributed by atoms with Gasteiger partial charge in [-0.05, 0) is 31.7 Å². The van der Waals surface area contributed by atoms with Crippen LogP contribution in [0.15, 0.2) is 42.2 Å². The number of hydrogen-bond acceptors (Lipinski definition) is 6. The van der Waals surface area contributed by atoms with Crippen molar-refractivity contribution in [1.29, 1.82) is 0 Å². The van der Waals surface area contributed by atoms with E-state index in [0.29, 0.717) is 5.92 Å². The van der Waals surface area contributed by atoms with Crippen molar-refractivity contribution < 1.29 is 0 Å². The standard InChI is InChI=1S/C24H25N6S/c1-2-8-21(29-11-3-4-12-29)18(7-1)20-15-31-24(28-20)17-6-5-13-30(14-17)23-19-9-10-25-22(19)26-16-27-23/h1-2,7,9-10,15-17H,3-6,11-14H2,(H,25,26,27). The number of nitrogens with zero attached hydrogens (tertiary/aromatic N) is 5. The zero-order valence-electron chi connectivity index (χ0n) is 17.4. The third-order valence-electron chi connectivity index (χ3n) is 6.46. The minimum absolute atomic E-state index is 0.430. The fraction of sp³-hybridized carbons (Fsp3) is 0.375. The van der Waals surface area contributed by atoms with Gasteiger partial charge in [-0.1, -0.05) is 18.2 Å². The average Bonchev–Trinajstić information content (AvgIpc) is 3.60. The van der Waals surface area contributed by atoms with Gasteiger partial charge in [0.25, 0.3) is 0 Å². The lowest BCUT2D eigenvalue weighted by molar-refractivity contribution is 0.506. The number of piperidine rings is 1. The van der Waals surface area contributed by atoms with E-state index in [2.05, 4.69) is 54.4 Å². The molecule has 157 valence electrons. The Morgan fingerprint density at radius 1 is 1.06 bits per heavy atom. The maximum atomic E-state index is 5.12. The fourth-order valence-electron chi connectivity index (χ4n) is 4.92. The molecule has 0 bridgehead atoms. The van der Waals surface area contributed by atoms with Gasteiger partial charge < -0.3 is 14.8 Å². The van der Waals surface area contributed by atoms with Gasteiger partial charge in [-0.25, -0.2) is 15.0 Å². The lowest BCUT2D eigenvalue weighted by Gasteiger charge is -2.32. The minimum Gasteiger partial charge on any atom is -0.370 e. The van der Waals surface area contributed by atoms with Gasteiger partial charge in [-0.3, -0.25) is 0 Å². The summed E-state index contributed by atoms with van der Waals surface area (Å²) in [6, 6.07) is 11.8. The SMILES string of the molecule is [c]1cccc(-c2csc(C3CCCN(c4ncnc5[nH]ccc45)C3)n2)c1N1CCCC1. The summed E-state index contributed by atoms with van der Waals surface area (Å²) >= 11 is 1.80. The van der Waals surface area contributed by atoms with Crippen molar-refractivity contribution in [2.24, 2.45) is 0 Å². The van der Waals surface area contributed by atoms with Gasteiger partial charge in [0.15, 0.2) is 0 Å². The molecule has 3 aromatic heterocycles. The zero-order valence-corrected chi connectivity index (χ0v) is 18.2. The molecular weight excluding hydrogens is 404 g/mol. The summed E-state index contributed by atoms with van der Waals surface area (Å²) in [5.74, 6) is 1.46. The molecule has 1 radical (unpaired) electrons. The van der Waals surface area contributed by atoms with Crippen molar-refractivity contribution in [2.45, 2.75) is 31.6 Å². The summed E-state index contributed by atoms with van der Waals surface area (Å²) < 4.78 is 0. The predicted molar refractivity (Wildman–Crippen MR) is 126 cm³/mol. The lowest BCUT2D eigenvalue weighted by Crippen LogP contribution is -2.35. The number of benzene rings is 1. The van der Waals surface area contributed by atoms with Crippen LogP contribution in [0, 0.1) is 6.07 Å². The number of aromatic amines is 1. The summed E-state index contributed by atoms with van der Waals surface area (Å²) in [6.45, 7) is 4.21. The Morgan fingerprint density at radius 2 is 1.97 bits per heavy atom. The Balaban J connectivity index is 1.27. The van der Waals surface area contributed by atoms with E-state index in [4.69, 9.17) is 4.98 Å². The largest absolute Gasteiger partial charge is 0.370 e. The molecule has 31 heavy (non-hydrogen) atoms. The molecule has 1 aromatic carbocycles. The highest BCUT2D eigenvalue weighted by atomic mass is 32.1. The number of nitrogens with one attached hydrogen (secondary N) is 1. The molecule has 1 N–H and O–H groups in total. The first-order chi connectivity index (χ1) is 15.4. The normalized spacial score (nSPS) is 19.4. The Kier molecular flexibility index (Phi) is 4.83. The van der Waals surface area contributed by atoms with Crippen molar-refractivity contribution in [3.63, 3.8) is 0 Å². The Labute approximate surface area is 186 Å². The van der Waals surface area contributed by atoms with Gasteiger partial charge in [-0.15, -0.1) is 11.3 Å². The number of para-hydroxylation sites is 1. The average molecular weight is 430 g/mol. The number of aromatic nitrogens is 4. The van der Waals surface area contributed by atoms with E-state index < -0.39 is 0 Å². The fourth-order valence-corrected chi connectivity index (χ4v) is 5.87. The van der Waals surface area contributed by atoms with Crippen molar-refractivity contribution in [3.05, 3.63) is 53.2 Å². The molecule has 6 nitrogen and oxygen atoms in total. The molecule has 0 saturated carbocycles. The molecule has 7 heteroatoms. The quantitative estimate of drug-likeness (QED) is 0.502. The summed E-state index contributed by atoms with van der Waals surface area (Å²) in [6.07, 6.45) is 8.44. The van der Waals surface area contributed by atoms with Crippen LogP contribution in [0.25, 0.3) is 22.3 Å². The monoisotopic (exact) mass is 429 g/mol. The number of fused-ring (bicyclic) bond motifs is 1. The van der Waals surface area contributed by atoms with Crippen LogP contribution >= 0.6 is 11.3 Å². The van der Waals surface area contributed by atoms with E-state index in [1.165, 1.54) is 35.5 Å². The van der Waals surface area contributed by atoms with E-state index >= 15 is 0 Å². The van der Waals surface area contributed by atoms with Crippen LogP contribution in [0.2, 0.25) is 0 Å². The van der Waals surface area contributed by atoms with Crippen LogP contribution in [-0.4, -0.2) is 46.1 Å². The van der Waals surface area contributed by atoms with Gasteiger partial charge in [0.05, 0.1) is 21.8 Å². The van der Waals surface area contributed by atoms with E-state index in [-0.39, 0.29) is 0 Å². The van der Waals surface area contributed by atoms with Gasteiger partial charge in [0.1, 0.15) is 17.8 Å². The zero-order chi connectivity index (χ0) is 20.6. The van der Waals surface area contributed by atoms with Crippen molar-refractivity contribution in [2.75, 3.05) is 36.0 Å². The van der Waals surface area contributed by atoms with Gasteiger partial charge in [-0.2, -0.15) is 0 Å². The third-order valence-corrected chi connectivity index (χ3v) is 7.46. The molecule has 2 saturated heterocycles. The first kappa shape index (κ1) is 18.8. The number of thiazole rings is 1. The van der Waals surface area contributed by atoms with Gasteiger partial charge in [0, 0.05) is 55.3 Å². The van der Waals surface area contributed by atoms with Gasteiger partial charge >= 0.3 is 0 Å². The third kappa shape index (κ3) is 3.47. The van der Waals surface area contributed by atoms with Crippen LogP contribution in [0.5, 0.6) is 0 Å². The highest BCUT2D eigenvalue weighted by Gasteiger charge is 2.26. The van der Waals surface area contributed by atoms with E-state index in [0.717, 1.165) is 55.1 Å². The van der Waals surface area contributed by atoms with E-state index in [1.54, 1.807) is 17.7 Å². The highest BCUT2D eigenvalue weighted by molar-refractivity contribution is 7.10. The van der Waals surface area contributed by atoms with Crippen LogP contribution in [0.4, 0.5) is 11.5 Å². The van der Waals surface area contributed by atoms with Crippen LogP contribution < -0.4 is 9.80 Å². The maximum Gasteiger partial charge on any atom is 0.142 e. The molecular formula is C24H25N6S. The van der Waals surface area contributed by atoms with Crippen LogP contribution in [0.3, 0.4) is 0 Å². The van der Waals surface area contributed by atoms with Crippen molar-refractivity contribution in [3.8, 4) is 11.3 Å². The number of anilines is 2. The maximum absolute atomic E-state index is 5.12. The Hall–Kier alpha value is -2.93. The van der Waals surface area contributed by atoms with Crippen LogP contribution in [0.1, 0.15) is 36.6 Å². The molecule has 1 unspecified atom stereocenters. The summed E-state index contributed by atoms with van der Waals surface area (Å²) in [5.41, 5.74) is 4.41. The lowest BCUT2D eigenvalue weighted by atomic mass is 9.98. The van der Waals surface area contributed by atoms with E-state index in [1.807, 2.05) is 12.3 Å². The second-order valence-corrected chi connectivity index (χ2v) is 9.31. The summed E-state index contributed by atoms with van der Waals surface area (Å²) in [4.78, 5) is 22.1. The molecule has 5 heterocycles. The minimum atomic E-state index is 0.430. The molecule has 0 aliphatic carbocycles. The van der Waals surface area contributed by atoms with Crippen molar-refractivity contribution in [1.82, 2.24) is 19.9 Å². The number of H-pyrrole nitrogens is 1. The van der Waals surface area contributed by atoms with Crippen LogP contribution in [-0.2, 0) is 0 Å². The summed E-state index contributed by atoms with van der Waals surface area (Å²) in [7, 11) is 0. The molecule has 1 atom stereocenters. The van der Waals surface area contributed by atoms with Gasteiger partial charge in [0.2, 0.25) is 0 Å². The highest BCUT2D eigenvalue weighted by Crippen LogP contribution is 2.37. The van der Waals surface area contributed by atoms with E-state index in [9.17, 15) is 0 Å². The first-order valence-corrected chi connectivity index (χ1v) is 12.0. The smallest absolute Gasteiger partial charge is 0.142 e. The topological polar surface area (TPSA) is 60.9 Å². The molecule has 0 amide bonds. The molecule has 0 spiro atoms. The first-order valence-electron chi connectivity index (χ1n) is 11.1. The summed E-state index contributed by atoms with van der Waals surface area (Å²) in [5, 5.41) is 4.56. The van der Waals surface area contributed by atoms with Crippen molar-refractivity contribution >= 4 is 33.9 Å². The Morgan fingerprint density at radius 3 is 2.90 bits per heavy atom. The number of rotatable bonds is 4. The molecule has 2 aliphatic heterocycles. The molecule has 4 aromatic rings. The predicted octanol–water partition coefficient (Wildman–Crippen LogP) is 4.87. The molecule has 2 aliphatic rings. The molecule has 6 rings (SSSR count).